The molecule has 0 aliphatic carbocycles. The van der Waals surface area contributed by atoms with Gasteiger partial charge in [0.25, 0.3) is 0 Å². The zero-order chi connectivity index (χ0) is 20.8. The molecule has 28 heavy (non-hydrogen) atoms. The monoisotopic (exact) mass is 407 g/mol. The molecule has 1 heterocycles. The summed E-state index contributed by atoms with van der Waals surface area (Å²) in [4.78, 5) is 9.05. The maximum atomic E-state index is 11.8. The van der Waals surface area contributed by atoms with E-state index in [1.54, 1.807) is 30.5 Å². The molecule has 0 spiro atoms. The summed E-state index contributed by atoms with van der Waals surface area (Å²) in [7, 11) is -2.04. The lowest BCUT2D eigenvalue weighted by atomic mass is 9.94. The summed E-state index contributed by atoms with van der Waals surface area (Å²) in [5.41, 5.74) is 0.815. The standard InChI is InChI=1S/C19H29N5O3S/c1-6-21-18(24-13-17-22-12-16(27-17)19(2,3)4)23-11-14-7-9-15(10-8-14)28(25,26)20-5/h7-10,12,20H,6,11,13H2,1-5H3,(H2,21,23,24). The lowest BCUT2D eigenvalue weighted by molar-refractivity contribution is 0.379. The van der Waals surface area contributed by atoms with Gasteiger partial charge in [-0.25, -0.2) is 23.1 Å². The van der Waals surface area contributed by atoms with Gasteiger partial charge in [-0.3, -0.25) is 0 Å². The van der Waals surface area contributed by atoms with E-state index in [1.165, 1.54) is 7.05 Å². The molecule has 1 aromatic carbocycles. The van der Waals surface area contributed by atoms with Gasteiger partial charge in [0.1, 0.15) is 5.76 Å². The summed E-state index contributed by atoms with van der Waals surface area (Å²) in [5, 5.41) is 6.36. The first-order valence-electron chi connectivity index (χ1n) is 9.15. The fraction of sp³-hybridized carbons (Fsp3) is 0.474. The third-order valence-corrected chi connectivity index (χ3v) is 5.40. The summed E-state index contributed by atoms with van der Waals surface area (Å²) in [6.45, 7) is 9.74. The van der Waals surface area contributed by atoms with Gasteiger partial charge in [-0.15, -0.1) is 0 Å². The van der Waals surface area contributed by atoms with E-state index in [1.807, 2.05) is 6.92 Å². The number of nitrogens with zero attached hydrogens (tertiary/aromatic N) is 2. The fourth-order valence-corrected chi connectivity index (χ4v) is 3.03. The molecule has 9 heteroatoms. The molecule has 2 aromatic rings. The first kappa shape index (κ1) is 21.9. The molecular formula is C19H29N5O3S. The van der Waals surface area contributed by atoms with Gasteiger partial charge < -0.3 is 15.1 Å². The van der Waals surface area contributed by atoms with Crippen LogP contribution < -0.4 is 15.4 Å². The molecule has 0 bridgehead atoms. The van der Waals surface area contributed by atoms with Gasteiger partial charge in [0, 0.05) is 12.0 Å². The highest BCUT2D eigenvalue weighted by molar-refractivity contribution is 7.89. The number of benzene rings is 1. The highest BCUT2D eigenvalue weighted by Gasteiger charge is 2.19. The van der Waals surface area contributed by atoms with Gasteiger partial charge in [-0.2, -0.15) is 0 Å². The Morgan fingerprint density at radius 2 is 1.86 bits per heavy atom. The maximum absolute atomic E-state index is 11.8. The van der Waals surface area contributed by atoms with Crippen LogP contribution in [0, 0.1) is 0 Å². The van der Waals surface area contributed by atoms with Gasteiger partial charge in [-0.05, 0) is 31.7 Å². The zero-order valence-electron chi connectivity index (χ0n) is 17.0. The van der Waals surface area contributed by atoms with Gasteiger partial charge in [-0.1, -0.05) is 32.9 Å². The lowest BCUT2D eigenvalue weighted by Gasteiger charge is -2.13. The van der Waals surface area contributed by atoms with Crippen LogP contribution in [0.5, 0.6) is 0 Å². The van der Waals surface area contributed by atoms with Crippen LogP contribution in [0.15, 0.2) is 44.8 Å². The van der Waals surface area contributed by atoms with Crippen LogP contribution in [-0.4, -0.2) is 33.0 Å². The van der Waals surface area contributed by atoms with Gasteiger partial charge in [0.15, 0.2) is 5.96 Å². The number of oxazole rings is 1. The van der Waals surface area contributed by atoms with Crippen molar-refractivity contribution in [1.29, 1.82) is 0 Å². The Kier molecular flexibility index (Phi) is 7.20. The first-order chi connectivity index (χ1) is 13.2. The van der Waals surface area contributed by atoms with E-state index in [0.717, 1.165) is 11.3 Å². The van der Waals surface area contributed by atoms with E-state index in [2.05, 4.69) is 46.1 Å². The van der Waals surface area contributed by atoms with E-state index in [4.69, 9.17) is 4.42 Å². The maximum Gasteiger partial charge on any atom is 0.240 e. The Morgan fingerprint density at radius 1 is 1.18 bits per heavy atom. The third-order valence-electron chi connectivity index (χ3n) is 3.97. The number of rotatable bonds is 7. The Hall–Kier alpha value is -2.39. The number of nitrogens with one attached hydrogen (secondary N) is 3. The van der Waals surface area contributed by atoms with E-state index in [0.29, 0.717) is 31.5 Å². The van der Waals surface area contributed by atoms with Crippen molar-refractivity contribution in [1.82, 2.24) is 20.3 Å². The summed E-state index contributed by atoms with van der Waals surface area (Å²) in [6, 6.07) is 6.64. The van der Waals surface area contributed by atoms with E-state index in [9.17, 15) is 8.42 Å². The van der Waals surface area contributed by atoms with E-state index >= 15 is 0 Å². The smallest absolute Gasteiger partial charge is 0.240 e. The zero-order valence-corrected chi connectivity index (χ0v) is 17.9. The molecule has 0 atom stereocenters. The van der Waals surface area contributed by atoms with Crippen molar-refractivity contribution < 1.29 is 12.8 Å². The van der Waals surface area contributed by atoms with Crippen LogP contribution in [-0.2, 0) is 28.5 Å². The number of guanidine groups is 1. The third kappa shape index (κ3) is 6.07. The number of aromatic nitrogens is 1. The molecular weight excluding hydrogens is 378 g/mol. The normalized spacial score (nSPS) is 12.8. The topological polar surface area (TPSA) is 109 Å². The second kappa shape index (κ2) is 9.20. The van der Waals surface area contributed by atoms with Gasteiger partial charge in [0.05, 0.1) is 24.2 Å². The van der Waals surface area contributed by atoms with Crippen molar-refractivity contribution in [3.63, 3.8) is 0 Å². The summed E-state index contributed by atoms with van der Waals surface area (Å²) in [5.74, 6) is 2.06. The predicted molar refractivity (Wildman–Crippen MR) is 110 cm³/mol. The van der Waals surface area contributed by atoms with Crippen molar-refractivity contribution in [3.8, 4) is 0 Å². The molecule has 0 saturated carbocycles. The first-order valence-corrected chi connectivity index (χ1v) is 10.6. The molecule has 0 saturated heterocycles. The Bertz CT molecular complexity index is 896. The minimum atomic E-state index is -3.43. The van der Waals surface area contributed by atoms with E-state index < -0.39 is 10.0 Å². The fourth-order valence-electron chi connectivity index (χ4n) is 2.30. The van der Waals surface area contributed by atoms with Gasteiger partial charge in [0.2, 0.25) is 15.9 Å². The van der Waals surface area contributed by atoms with Crippen molar-refractivity contribution in [2.24, 2.45) is 4.99 Å². The lowest BCUT2D eigenvalue weighted by Crippen LogP contribution is -2.36. The molecule has 1 aromatic heterocycles. The average Bonchev–Trinajstić information content (AvgIpc) is 3.14. The molecule has 8 nitrogen and oxygen atoms in total. The Labute approximate surface area is 166 Å². The highest BCUT2D eigenvalue weighted by Crippen LogP contribution is 2.22. The summed E-state index contributed by atoms with van der Waals surface area (Å²) < 4.78 is 31.6. The number of hydrogen-bond donors (Lipinski definition) is 3. The number of aliphatic imine (C=N–C) groups is 1. The Balaban J connectivity index is 2.01. The SMILES string of the molecule is CCNC(=NCc1ccc(S(=O)(=O)NC)cc1)NCc1ncc(C(C)(C)C)o1. The molecule has 0 fully saturated rings. The van der Waals surface area contributed by atoms with Crippen LogP contribution in [0.25, 0.3) is 0 Å². The molecule has 0 aliphatic rings. The Morgan fingerprint density at radius 3 is 2.39 bits per heavy atom. The molecule has 0 aliphatic heterocycles. The van der Waals surface area contributed by atoms with Crippen molar-refractivity contribution >= 4 is 16.0 Å². The minimum absolute atomic E-state index is 0.0865. The summed E-state index contributed by atoms with van der Waals surface area (Å²) in [6.07, 6.45) is 1.75. The van der Waals surface area contributed by atoms with Crippen molar-refractivity contribution in [2.75, 3.05) is 13.6 Å². The summed E-state index contributed by atoms with van der Waals surface area (Å²) >= 11 is 0. The molecule has 3 N–H and O–H groups in total. The van der Waals surface area contributed by atoms with E-state index in [-0.39, 0.29) is 10.3 Å². The highest BCUT2D eigenvalue weighted by atomic mass is 32.2. The van der Waals surface area contributed by atoms with Crippen LogP contribution in [0.3, 0.4) is 0 Å². The van der Waals surface area contributed by atoms with Crippen molar-refractivity contribution in [3.05, 3.63) is 47.7 Å². The number of sulfonamides is 1. The second-order valence-corrected chi connectivity index (χ2v) is 9.16. The predicted octanol–water partition coefficient (Wildman–Crippen LogP) is 2.14. The molecule has 0 unspecified atom stereocenters. The minimum Gasteiger partial charge on any atom is -0.443 e. The number of hydrogen-bond acceptors (Lipinski definition) is 5. The molecule has 0 amide bonds. The van der Waals surface area contributed by atoms with Crippen LogP contribution in [0.2, 0.25) is 0 Å². The molecule has 0 radical (unpaired) electrons. The van der Waals surface area contributed by atoms with Crippen molar-refractivity contribution in [2.45, 2.75) is 51.1 Å². The average molecular weight is 408 g/mol. The van der Waals surface area contributed by atoms with Gasteiger partial charge >= 0.3 is 0 Å². The van der Waals surface area contributed by atoms with Crippen LogP contribution in [0.4, 0.5) is 0 Å². The van der Waals surface area contributed by atoms with Crippen LogP contribution in [0.1, 0.15) is 44.9 Å². The molecule has 154 valence electrons. The quantitative estimate of drug-likeness (QED) is 0.479. The van der Waals surface area contributed by atoms with Crippen LogP contribution >= 0.6 is 0 Å². The molecule has 2 rings (SSSR count). The second-order valence-electron chi connectivity index (χ2n) is 7.27. The largest absolute Gasteiger partial charge is 0.443 e.